The van der Waals surface area contributed by atoms with E-state index in [1.807, 2.05) is 0 Å². The smallest absolute Gasteiger partial charge is 0.227 e. The zero-order valence-electron chi connectivity index (χ0n) is 14.4. The van der Waals surface area contributed by atoms with Crippen LogP contribution in [0.2, 0.25) is 0 Å². The van der Waals surface area contributed by atoms with Crippen molar-refractivity contribution in [3.8, 4) is 0 Å². The molecule has 3 aliphatic rings. The van der Waals surface area contributed by atoms with E-state index in [1.54, 1.807) is 0 Å². The standard InChI is InChI=1S/C12F21N/c13-1-2(14)4(17,18)9(27,28)12(32,33)34(11(2,30)31)10(1,29)8(25,26)7(23,24)6(21,22)5(19,20)3(1,15)16. The fourth-order valence-corrected chi connectivity index (χ4v) is 4.05. The lowest BCUT2D eigenvalue weighted by atomic mass is 9.70. The molecule has 2 heterocycles. The fraction of sp³-hybridized carbons (Fsp3) is 1.00. The molecule has 2 saturated heterocycles. The lowest BCUT2D eigenvalue weighted by Gasteiger charge is -2.51. The summed E-state index contributed by atoms with van der Waals surface area (Å²) in [5.74, 6) is -69.8. The Bertz CT molecular complexity index is 936. The van der Waals surface area contributed by atoms with E-state index in [0.29, 0.717) is 0 Å². The molecule has 0 aromatic heterocycles. The van der Waals surface area contributed by atoms with Gasteiger partial charge in [-0.1, -0.05) is 0 Å². The van der Waals surface area contributed by atoms with Crippen molar-refractivity contribution in [3.63, 3.8) is 0 Å². The van der Waals surface area contributed by atoms with Gasteiger partial charge in [-0.25, -0.2) is 13.2 Å². The molecule has 3 rings (SSSR count). The molecule has 1 aliphatic carbocycles. The van der Waals surface area contributed by atoms with Gasteiger partial charge in [0, 0.05) is 0 Å². The summed E-state index contributed by atoms with van der Waals surface area (Å²) >= 11 is 0. The van der Waals surface area contributed by atoms with Crippen LogP contribution in [0.4, 0.5) is 92.2 Å². The molecule has 22 heteroatoms. The van der Waals surface area contributed by atoms with Crippen LogP contribution in [0.15, 0.2) is 0 Å². The normalized spacial score (nSPS) is 47.4. The van der Waals surface area contributed by atoms with Crippen LogP contribution in [0, 0.1) is 0 Å². The zero-order chi connectivity index (χ0) is 27.6. The summed E-state index contributed by atoms with van der Waals surface area (Å²) in [6.07, 6.45) is 0. The van der Waals surface area contributed by atoms with Crippen LogP contribution < -0.4 is 0 Å². The van der Waals surface area contributed by atoms with Gasteiger partial charge in [0.1, 0.15) is 0 Å². The SMILES string of the molecule is FC1(F)N2C(F)(F)C(F)(C(F)(F)C1(F)F)C1(F)C(F)(F)C(F)(F)C(F)(F)C(F)(F)C(F)(F)C21F. The Morgan fingerprint density at radius 2 is 0.559 bits per heavy atom. The molecule has 0 aromatic rings. The number of alkyl halides is 21. The molecule has 0 spiro atoms. The van der Waals surface area contributed by atoms with Gasteiger partial charge < -0.3 is 0 Å². The van der Waals surface area contributed by atoms with Crippen molar-refractivity contribution in [1.29, 1.82) is 0 Å². The van der Waals surface area contributed by atoms with Crippen molar-refractivity contribution in [3.05, 3.63) is 0 Å². The van der Waals surface area contributed by atoms with Gasteiger partial charge in [0.25, 0.3) is 11.5 Å². The second-order valence-corrected chi connectivity index (χ2v) is 7.38. The van der Waals surface area contributed by atoms with Gasteiger partial charge in [0.15, 0.2) is 0 Å². The minimum absolute atomic E-state index is 4.59. The quantitative estimate of drug-likeness (QED) is 0.260. The van der Waals surface area contributed by atoms with Crippen LogP contribution in [0.3, 0.4) is 0 Å². The Morgan fingerprint density at radius 1 is 0.265 bits per heavy atom. The number of piperidine rings is 1. The van der Waals surface area contributed by atoms with Crippen molar-refractivity contribution in [2.45, 2.75) is 70.7 Å². The molecule has 1 nitrogen and oxygen atoms in total. The van der Waals surface area contributed by atoms with Crippen molar-refractivity contribution in [2.24, 2.45) is 0 Å². The number of fused-ring (bicyclic) bond motifs is 5. The number of halogens is 21. The Labute approximate surface area is 169 Å². The van der Waals surface area contributed by atoms with Crippen LogP contribution in [-0.2, 0) is 0 Å². The number of hydrogen-bond donors (Lipinski definition) is 0. The van der Waals surface area contributed by atoms with Crippen molar-refractivity contribution in [2.75, 3.05) is 0 Å². The van der Waals surface area contributed by atoms with Gasteiger partial charge in [-0.2, -0.15) is 79.0 Å². The van der Waals surface area contributed by atoms with Gasteiger partial charge in [-0.15, -0.1) is 4.90 Å². The molecule has 4 atom stereocenters. The van der Waals surface area contributed by atoms with Gasteiger partial charge in [0.05, 0.1) is 0 Å². The molecule has 200 valence electrons. The largest absolute Gasteiger partial charge is 0.390 e. The summed E-state index contributed by atoms with van der Waals surface area (Å²) < 4.78 is 294. The van der Waals surface area contributed by atoms with E-state index < -0.39 is 75.6 Å². The first-order chi connectivity index (χ1) is 14.4. The monoisotopic (exact) mass is 557 g/mol. The Morgan fingerprint density at radius 3 is 0.941 bits per heavy atom. The molecule has 0 radical (unpaired) electrons. The molecule has 0 amide bonds. The van der Waals surface area contributed by atoms with Crippen molar-refractivity contribution < 1.29 is 92.2 Å². The summed E-state index contributed by atoms with van der Waals surface area (Å²) in [6.45, 7) is 0. The molecule has 2 aliphatic heterocycles. The van der Waals surface area contributed by atoms with E-state index in [2.05, 4.69) is 0 Å². The topological polar surface area (TPSA) is 3.24 Å². The van der Waals surface area contributed by atoms with E-state index >= 15 is 8.78 Å². The first-order valence-corrected chi connectivity index (χ1v) is 7.64. The highest BCUT2D eigenvalue weighted by Gasteiger charge is 3.18. The van der Waals surface area contributed by atoms with Crippen molar-refractivity contribution >= 4 is 0 Å². The summed E-state index contributed by atoms with van der Waals surface area (Å²) in [7, 11) is 0. The third-order valence-electron chi connectivity index (χ3n) is 5.85. The highest BCUT2D eigenvalue weighted by molar-refractivity contribution is 5.45. The summed E-state index contributed by atoms with van der Waals surface area (Å²) in [5, 5.41) is 0. The van der Waals surface area contributed by atoms with E-state index in [9.17, 15) is 83.4 Å². The predicted molar refractivity (Wildman–Crippen MR) is 57.9 cm³/mol. The maximum Gasteiger partial charge on any atom is 0.390 e. The molecular formula is C12F21N. The van der Waals surface area contributed by atoms with Crippen LogP contribution in [-0.4, -0.2) is 75.6 Å². The molecule has 4 unspecified atom stereocenters. The minimum atomic E-state index is -9.06. The van der Waals surface area contributed by atoms with E-state index in [0.717, 1.165) is 0 Å². The third-order valence-corrected chi connectivity index (χ3v) is 5.85. The highest BCUT2D eigenvalue weighted by atomic mass is 19.4. The molecule has 1 saturated carbocycles. The van der Waals surface area contributed by atoms with E-state index in [1.165, 1.54) is 0 Å². The summed E-state index contributed by atoms with van der Waals surface area (Å²) in [5.41, 5.74) is -17.8. The second-order valence-electron chi connectivity index (χ2n) is 7.38. The molecule has 3 fully saturated rings. The molecule has 0 N–H and O–H groups in total. The van der Waals surface area contributed by atoms with Crippen LogP contribution in [0.25, 0.3) is 0 Å². The summed E-state index contributed by atoms with van der Waals surface area (Å²) in [4.78, 5) is -4.59. The van der Waals surface area contributed by atoms with E-state index in [-0.39, 0.29) is 0 Å². The van der Waals surface area contributed by atoms with Crippen molar-refractivity contribution in [1.82, 2.24) is 4.90 Å². The maximum atomic E-state index is 15.1. The Kier molecular flexibility index (Phi) is 4.32. The fourth-order valence-electron chi connectivity index (χ4n) is 4.05. The average Bonchev–Trinajstić information content (AvgIpc) is 2.73. The molecule has 34 heavy (non-hydrogen) atoms. The van der Waals surface area contributed by atoms with E-state index in [4.69, 9.17) is 0 Å². The number of hydrogen-bond acceptors (Lipinski definition) is 1. The number of nitrogens with zero attached hydrogens (tertiary/aromatic N) is 1. The lowest BCUT2D eigenvalue weighted by Crippen LogP contribution is -2.83. The number of rotatable bonds is 0. The highest BCUT2D eigenvalue weighted by Crippen LogP contribution is 2.84. The first-order valence-electron chi connectivity index (χ1n) is 7.64. The minimum Gasteiger partial charge on any atom is -0.227 e. The van der Waals surface area contributed by atoms with Gasteiger partial charge in [-0.05, 0) is 0 Å². The van der Waals surface area contributed by atoms with Crippen LogP contribution >= 0.6 is 0 Å². The summed E-state index contributed by atoms with van der Waals surface area (Å²) in [6, 6.07) is -16.5. The second kappa shape index (κ2) is 5.42. The molecule has 2 bridgehead atoms. The van der Waals surface area contributed by atoms with Crippen LogP contribution in [0.1, 0.15) is 0 Å². The van der Waals surface area contributed by atoms with Gasteiger partial charge in [-0.3, -0.25) is 0 Å². The molecular weight excluding hydrogens is 557 g/mol. The predicted octanol–water partition coefficient (Wildman–Crippen LogP) is 6.04. The molecule has 0 aromatic carbocycles. The Hall–Kier alpha value is -1.51. The van der Waals surface area contributed by atoms with Crippen LogP contribution in [0.5, 0.6) is 0 Å². The maximum absolute atomic E-state index is 15.1. The Balaban J connectivity index is 2.78. The first kappa shape index (κ1) is 27.1. The third kappa shape index (κ3) is 1.71. The van der Waals surface area contributed by atoms with Gasteiger partial charge >= 0.3 is 59.2 Å². The van der Waals surface area contributed by atoms with Gasteiger partial charge in [0.2, 0.25) is 0 Å². The zero-order valence-corrected chi connectivity index (χ0v) is 14.4. The average molecular weight is 557 g/mol. The lowest BCUT2D eigenvalue weighted by molar-refractivity contribution is -0.492.